The van der Waals surface area contributed by atoms with Gasteiger partial charge in [-0.25, -0.2) is 14.8 Å². The predicted molar refractivity (Wildman–Crippen MR) is 84.0 cm³/mol. The Hall–Kier alpha value is -2.15. The van der Waals surface area contributed by atoms with E-state index in [2.05, 4.69) is 32.5 Å². The molecule has 118 valence electrons. The molecule has 7 nitrogen and oxygen atoms in total. The molecule has 3 heterocycles. The Labute approximate surface area is 128 Å². The van der Waals surface area contributed by atoms with Gasteiger partial charge in [-0.3, -0.25) is 0 Å². The molecule has 2 unspecified atom stereocenters. The highest BCUT2D eigenvalue weighted by Crippen LogP contribution is 2.25. The van der Waals surface area contributed by atoms with Crippen LogP contribution in [-0.4, -0.2) is 46.2 Å². The minimum Gasteiger partial charge on any atom is -0.462 e. The summed E-state index contributed by atoms with van der Waals surface area (Å²) in [7, 11) is 0. The molecule has 2 aromatic rings. The average molecular weight is 303 g/mol. The maximum absolute atomic E-state index is 12.1. The fourth-order valence-electron chi connectivity index (χ4n) is 2.76. The molecule has 0 spiro atoms. The summed E-state index contributed by atoms with van der Waals surface area (Å²) in [5.74, 6) is 0.317. The first-order valence-electron chi connectivity index (χ1n) is 7.68. The van der Waals surface area contributed by atoms with E-state index in [4.69, 9.17) is 4.74 Å². The molecular formula is C15H21N5O2. The molecule has 0 bridgehead atoms. The number of piperidine rings is 1. The van der Waals surface area contributed by atoms with Gasteiger partial charge in [0.2, 0.25) is 0 Å². The molecule has 0 radical (unpaired) electrons. The van der Waals surface area contributed by atoms with Gasteiger partial charge in [-0.15, -0.1) is 0 Å². The topological polar surface area (TPSA) is 91.9 Å². The lowest BCUT2D eigenvalue weighted by molar-refractivity contribution is 0.0528. The quantitative estimate of drug-likeness (QED) is 0.744. The second-order valence-corrected chi connectivity index (χ2v) is 5.60. The fraction of sp³-hybridized carbons (Fsp3) is 0.533. The summed E-state index contributed by atoms with van der Waals surface area (Å²) in [6.07, 6.45) is 5.31. The number of carbonyl (C=O) groups is 1. The highest BCUT2D eigenvalue weighted by Gasteiger charge is 2.22. The molecule has 3 rings (SSSR count). The number of aromatic nitrogens is 3. The second kappa shape index (κ2) is 6.31. The standard InChI is InChI=1S/C15H21N5O2/c1-3-22-15(21)11-7-17-13-12(11)14(19-8-18-13)20-10-5-4-9(2)16-6-10/h7-10,16H,3-6H2,1-2H3,(H2,17,18,19,20). The van der Waals surface area contributed by atoms with Crippen LogP contribution in [0.25, 0.3) is 11.0 Å². The first kappa shape index (κ1) is 14.8. The SMILES string of the molecule is CCOC(=O)c1c[nH]c2ncnc(NC3CCC(C)NC3)c12. The lowest BCUT2D eigenvalue weighted by atomic mass is 10.0. The van der Waals surface area contributed by atoms with Crippen molar-refractivity contribution in [1.29, 1.82) is 0 Å². The Kier molecular flexibility index (Phi) is 4.24. The summed E-state index contributed by atoms with van der Waals surface area (Å²) in [4.78, 5) is 23.6. The third-order valence-electron chi connectivity index (χ3n) is 3.97. The van der Waals surface area contributed by atoms with Crippen molar-refractivity contribution in [3.05, 3.63) is 18.1 Å². The van der Waals surface area contributed by atoms with Crippen molar-refractivity contribution in [2.24, 2.45) is 0 Å². The smallest absolute Gasteiger partial charge is 0.340 e. The Morgan fingerprint density at radius 3 is 3.05 bits per heavy atom. The second-order valence-electron chi connectivity index (χ2n) is 5.60. The maximum Gasteiger partial charge on any atom is 0.340 e. The summed E-state index contributed by atoms with van der Waals surface area (Å²) < 4.78 is 5.10. The first-order chi connectivity index (χ1) is 10.7. The van der Waals surface area contributed by atoms with Crippen LogP contribution >= 0.6 is 0 Å². The highest BCUT2D eigenvalue weighted by molar-refractivity contribution is 6.07. The molecule has 0 amide bonds. The lowest BCUT2D eigenvalue weighted by Crippen LogP contribution is -2.43. The van der Waals surface area contributed by atoms with Gasteiger partial charge >= 0.3 is 5.97 Å². The van der Waals surface area contributed by atoms with E-state index >= 15 is 0 Å². The van der Waals surface area contributed by atoms with Crippen LogP contribution in [-0.2, 0) is 4.74 Å². The molecule has 0 saturated carbocycles. The summed E-state index contributed by atoms with van der Waals surface area (Å²) in [6, 6.07) is 0.838. The Morgan fingerprint density at radius 2 is 2.32 bits per heavy atom. The van der Waals surface area contributed by atoms with E-state index in [1.54, 1.807) is 13.1 Å². The van der Waals surface area contributed by atoms with Crippen LogP contribution in [0, 0.1) is 0 Å². The van der Waals surface area contributed by atoms with Crippen molar-refractivity contribution in [1.82, 2.24) is 20.3 Å². The van der Waals surface area contributed by atoms with Crippen LogP contribution < -0.4 is 10.6 Å². The summed E-state index contributed by atoms with van der Waals surface area (Å²) in [5, 5.41) is 7.57. The van der Waals surface area contributed by atoms with Crippen LogP contribution in [0.4, 0.5) is 5.82 Å². The van der Waals surface area contributed by atoms with Crippen molar-refractivity contribution in [3.63, 3.8) is 0 Å². The predicted octanol–water partition coefficient (Wildman–Crippen LogP) is 1.69. The van der Waals surface area contributed by atoms with Crippen molar-refractivity contribution in [2.75, 3.05) is 18.5 Å². The van der Waals surface area contributed by atoms with E-state index in [0.29, 0.717) is 41.1 Å². The number of esters is 1. The van der Waals surface area contributed by atoms with Gasteiger partial charge in [-0.2, -0.15) is 0 Å². The molecular weight excluding hydrogens is 282 g/mol. The van der Waals surface area contributed by atoms with Crippen molar-refractivity contribution in [2.45, 2.75) is 38.8 Å². The third kappa shape index (κ3) is 2.89. The van der Waals surface area contributed by atoms with Gasteiger partial charge in [0.1, 0.15) is 17.8 Å². The van der Waals surface area contributed by atoms with Gasteiger partial charge < -0.3 is 20.4 Å². The zero-order chi connectivity index (χ0) is 15.5. The molecule has 2 aromatic heterocycles. The minimum absolute atomic E-state index is 0.291. The van der Waals surface area contributed by atoms with Crippen LogP contribution in [0.15, 0.2) is 12.5 Å². The molecule has 1 saturated heterocycles. The van der Waals surface area contributed by atoms with E-state index in [0.717, 1.165) is 19.4 Å². The maximum atomic E-state index is 12.1. The lowest BCUT2D eigenvalue weighted by Gasteiger charge is -2.28. The third-order valence-corrected chi connectivity index (χ3v) is 3.97. The van der Waals surface area contributed by atoms with Crippen LogP contribution in [0.5, 0.6) is 0 Å². The number of hydrogen-bond acceptors (Lipinski definition) is 6. The summed E-state index contributed by atoms with van der Waals surface area (Å²) in [5.41, 5.74) is 1.11. The number of hydrogen-bond donors (Lipinski definition) is 3. The molecule has 7 heteroatoms. The van der Waals surface area contributed by atoms with E-state index in [-0.39, 0.29) is 5.97 Å². The van der Waals surface area contributed by atoms with Crippen LogP contribution in [0.1, 0.15) is 37.0 Å². The molecule has 1 fully saturated rings. The van der Waals surface area contributed by atoms with Crippen LogP contribution in [0.3, 0.4) is 0 Å². The first-order valence-corrected chi connectivity index (χ1v) is 7.68. The van der Waals surface area contributed by atoms with Gasteiger partial charge in [0, 0.05) is 24.8 Å². The molecule has 1 aliphatic heterocycles. The number of anilines is 1. The molecule has 3 N–H and O–H groups in total. The molecule has 2 atom stereocenters. The highest BCUT2D eigenvalue weighted by atomic mass is 16.5. The van der Waals surface area contributed by atoms with Gasteiger partial charge in [-0.1, -0.05) is 0 Å². The number of ether oxygens (including phenoxy) is 1. The number of nitrogens with one attached hydrogen (secondary N) is 3. The van der Waals surface area contributed by atoms with Gasteiger partial charge in [0.25, 0.3) is 0 Å². The average Bonchev–Trinajstić information content (AvgIpc) is 2.95. The number of rotatable bonds is 4. The zero-order valence-electron chi connectivity index (χ0n) is 12.8. The number of fused-ring (bicyclic) bond motifs is 1. The number of nitrogens with zero attached hydrogens (tertiary/aromatic N) is 2. The van der Waals surface area contributed by atoms with Gasteiger partial charge in [-0.05, 0) is 26.7 Å². The number of H-pyrrole nitrogens is 1. The number of aromatic amines is 1. The van der Waals surface area contributed by atoms with Crippen molar-refractivity contribution < 1.29 is 9.53 Å². The van der Waals surface area contributed by atoms with E-state index < -0.39 is 0 Å². The van der Waals surface area contributed by atoms with Gasteiger partial charge in [0.05, 0.1) is 17.6 Å². The summed E-state index contributed by atoms with van der Waals surface area (Å²) >= 11 is 0. The molecule has 22 heavy (non-hydrogen) atoms. The Morgan fingerprint density at radius 1 is 1.45 bits per heavy atom. The largest absolute Gasteiger partial charge is 0.462 e. The zero-order valence-corrected chi connectivity index (χ0v) is 12.8. The monoisotopic (exact) mass is 303 g/mol. The van der Waals surface area contributed by atoms with Gasteiger partial charge in [0.15, 0.2) is 0 Å². The van der Waals surface area contributed by atoms with Crippen molar-refractivity contribution in [3.8, 4) is 0 Å². The molecule has 0 aliphatic carbocycles. The summed E-state index contributed by atoms with van der Waals surface area (Å²) in [6.45, 7) is 5.19. The van der Waals surface area contributed by atoms with E-state index in [1.807, 2.05) is 0 Å². The normalized spacial score (nSPS) is 21.7. The van der Waals surface area contributed by atoms with Crippen LogP contribution in [0.2, 0.25) is 0 Å². The molecule has 1 aliphatic rings. The minimum atomic E-state index is -0.359. The Balaban J connectivity index is 1.88. The van der Waals surface area contributed by atoms with E-state index in [1.165, 1.54) is 6.33 Å². The Bertz CT molecular complexity index is 661. The number of carbonyl (C=O) groups excluding carboxylic acids is 1. The fourth-order valence-corrected chi connectivity index (χ4v) is 2.76. The van der Waals surface area contributed by atoms with E-state index in [9.17, 15) is 4.79 Å². The van der Waals surface area contributed by atoms with Crippen molar-refractivity contribution >= 4 is 22.8 Å². The molecule has 0 aromatic carbocycles.